The third kappa shape index (κ3) is 3.82. The van der Waals surface area contributed by atoms with E-state index >= 15 is 0 Å². The van der Waals surface area contributed by atoms with Crippen molar-refractivity contribution < 1.29 is 4.79 Å². The van der Waals surface area contributed by atoms with Gasteiger partial charge in [-0.25, -0.2) is 4.79 Å². The summed E-state index contributed by atoms with van der Waals surface area (Å²) >= 11 is 13.5. The summed E-state index contributed by atoms with van der Waals surface area (Å²) in [5.41, 5.74) is 2.41. The Balaban J connectivity index is 1.66. The highest BCUT2D eigenvalue weighted by Gasteiger charge is 2.25. The number of halogens is 2. The van der Waals surface area contributed by atoms with Crippen LogP contribution < -0.4 is 5.32 Å². The number of hydrogen-bond acceptors (Lipinski definition) is 2. The fourth-order valence-electron chi connectivity index (χ4n) is 2.93. The first-order chi connectivity index (χ1) is 11.1. The van der Waals surface area contributed by atoms with Crippen LogP contribution in [0.5, 0.6) is 0 Å². The monoisotopic (exact) mass is 368 g/mol. The van der Waals surface area contributed by atoms with Crippen LogP contribution in [0, 0.1) is 0 Å². The lowest BCUT2D eigenvalue weighted by Crippen LogP contribution is -2.40. The van der Waals surface area contributed by atoms with Crippen LogP contribution in [0.1, 0.15) is 35.4 Å². The highest BCUT2D eigenvalue weighted by Crippen LogP contribution is 2.33. The maximum absolute atomic E-state index is 12.6. The minimum Gasteiger partial charge on any atom is -0.331 e. The van der Waals surface area contributed by atoms with Crippen LogP contribution in [0.3, 0.4) is 0 Å². The zero-order valence-corrected chi connectivity index (χ0v) is 15.1. The smallest absolute Gasteiger partial charge is 0.318 e. The van der Waals surface area contributed by atoms with Crippen molar-refractivity contribution in [2.75, 3.05) is 6.54 Å². The van der Waals surface area contributed by atoms with Gasteiger partial charge >= 0.3 is 6.03 Å². The molecule has 1 aliphatic rings. The third-order valence-corrected chi connectivity index (χ3v) is 5.58. The summed E-state index contributed by atoms with van der Waals surface area (Å²) in [5.74, 6) is 0. The summed E-state index contributed by atoms with van der Waals surface area (Å²) in [6, 6.07) is 9.76. The average molecular weight is 369 g/mol. The lowest BCUT2D eigenvalue weighted by atomic mass is 10.1. The Morgan fingerprint density at radius 3 is 2.87 bits per heavy atom. The summed E-state index contributed by atoms with van der Waals surface area (Å²) in [4.78, 5) is 15.5. The second kappa shape index (κ2) is 7.12. The van der Waals surface area contributed by atoms with E-state index in [0.717, 1.165) is 27.1 Å². The molecule has 0 spiro atoms. The van der Waals surface area contributed by atoms with E-state index in [4.69, 9.17) is 23.2 Å². The highest BCUT2D eigenvalue weighted by atomic mass is 35.5. The molecule has 0 fully saturated rings. The lowest BCUT2D eigenvalue weighted by molar-refractivity contribution is 0.194. The van der Waals surface area contributed by atoms with E-state index in [1.165, 1.54) is 22.5 Å². The number of nitrogens with zero attached hydrogens (tertiary/aromatic N) is 1. The second-order valence-corrected chi connectivity index (χ2v) is 7.84. The summed E-state index contributed by atoms with van der Waals surface area (Å²) in [7, 11) is 0. The Bertz CT molecular complexity index is 716. The summed E-state index contributed by atoms with van der Waals surface area (Å²) in [6.45, 7) is 3.22. The largest absolute Gasteiger partial charge is 0.331 e. The molecule has 1 N–H and O–H groups in total. The molecule has 1 aromatic carbocycles. The van der Waals surface area contributed by atoms with E-state index in [1.807, 2.05) is 37.3 Å². The quantitative estimate of drug-likeness (QED) is 0.782. The molecular weight excluding hydrogens is 351 g/mol. The molecule has 0 saturated carbocycles. The van der Waals surface area contributed by atoms with Crippen molar-refractivity contribution in [1.29, 1.82) is 0 Å². The van der Waals surface area contributed by atoms with E-state index in [2.05, 4.69) is 5.32 Å². The molecule has 2 amide bonds. The van der Waals surface area contributed by atoms with Gasteiger partial charge in [-0.1, -0.05) is 29.3 Å². The van der Waals surface area contributed by atoms with Gasteiger partial charge in [0, 0.05) is 16.4 Å². The molecule has 0 aliphatic heterocycles. The van der Waals surface area contributed by atoms with Gasteiger partial charge in [0.05, 0.1) is 16.9 Å². The zero-order chi connectivity index (χ0) is 16.4. The Kier molecular flexibility index (Phi) is 5.14. The summed E-state index contributed by atoms with van der Waals surface area (Å²) < 4.78 is 0.748. The van der Waals surface area contributed by atoms with E-state index < -0.39 is 0 Å². The number of fused-ring (bicyclic) bond motifs is 1. The Morgan fingerprint density at radius 2 is 2.17 bits per heavy atom. The predicted octanol–water partition coefficient (Wildman–Crippen LogP) is 5.27. The van der Waals surface area contributed by atoms with Crippen molar-refractivity contribution in [3.05, 3.63) is 55.7 Å². The number of nitrogens with one attached hydrogen (secondary N) is 1. The number of carbonyl (C=O) groups is 1. The highest BCUT2D eigenvalue weighted by molar-refractivity contribution is 7.16. The molecular formula is C17H18Cl2N2OS. The van der Waals surface area contributed by atoms with Crippen molar-refractivity contribution in [2.24, 2.45) is 0 Å². The first-order valence-electron chi connectivity index (χ1n) is 7.64. The topological polar surface area (TPSA) is 32.3 Å². The lowest BCUT2D eigenvalue weighted by Gasteiger charge is -2.23. The van der Waals surface area contributed by atoms with Crippen molar-refractivity contribution >= 4 is 40.6 Å². The minimum atomic E-state index is -0.0372. The molecule has 1 unspecified atom stereocenters. The van der Waals surface area contributed by atoms with Crippen LogP contribution in [-0.2, 0) is 13.0 Å². The molecule has 0 bridgehead atoms. The number of amides is 2. The van der Waals surface area contributed by atoms with Gasteiger partial charge in [0.1, 0.15) is 0 Å². The fourth-order valence-corrected chi connectivity index (χ4v) is 4.23. The molecule has 1 aliphatic carbocycles. The molecule has 0 radical (unpaired) electrons. The third-order valence-electron chi connectivity index (χ3n) is 4.12. The minimum absolute atomic E-state index is 0.0372. The van der Waals surface area contributed by atoms with Crippen LogP contribution >= 0.6 is 34.5 Å². The maximum atomic E-state index is 12.6. The molecule has 23 heavy (non-hydrogen) atoms. The van der Waals surface area contributed by atoms with Gasteiger partial charge in [0.25, 0.3) is 0 Å². The van der Waals surface area contributed by atoms with Gasteiger partial charge in [-0.05, 0) is 55.2 Å². The van der Waals surface area contributed by atoms with Crippen LogP contribution in [0.15, 0.2) is 30.3 Å². The van der Waals surface area contributed by atoms with Gasteiger partial charge in [-0.2, -0.15) is 0 Å². The van der Waals surface area contributed by atoms with Crippen LogP contribution in [-0.4, -0.2) is 17.5 Å². The number of aryl methyl sites for hydroxylation is 1. The fraction of sp³-hybridized carbons (Fsp3) is 0.353. The van der Waals surface area contributed by atoms with Crippen molar-refractivity contribution in [3.8, 4) is 0 Å². The number of thiophene rings is 1. The molecule has 3 rings (SSSR count). The van der Waals surface area contributed by atoms with E-state index in [1.54, 1.807) is 4.90 Å². The first kappa shape index (κ1) is 16.6. The van der Waals surface area contributed by atoms with Crippen molar-refractivity contribution in [1.82, 2.24) is 10.2 Å². The zero-order valence-electron chi connectivity index (χ0n) is 12.8. The molecule has 3 nitrogen and oxygen atoms in total. The van der Waals surface area contributed by atoms with Gasteiger partial charge < -0.3 is 10.2 Å². The molecule has 0 saturated heterocycles. The van der Waals surface area contributed by atoms with E-state index in [9.17, 15) is 4.79 Å². The first-order valence-corrected chi connectivity index (χ1v) is 9.22. The van der Waals surface area contributed by atoms with Crippen molar-refractivity contribution in [2.45, 2.75) is 32.4 Å². The standard InChI is InChI=1S/C17H18Cl2N2OS/c1-2-21(10-13-5-8-16(19)23-13)17(22)20-15-7-3-11-9-12(18)4-6-14(11)15/h4-6,8-9,15H,2-3,7,10H2,1H3,(H,20,22). The molecule has 6 heteroatoms. The second-order valence-electron chi connectivity index (χ2n) is 5.60. The van der Waals surface area contributed by atoms with Crippen molar-refractivity contribution in [3.63, 3.8) is 0 Å². The van der Waals surface area contributed by atoms with Crippen LogP contribution in [0.4, 0.5) is 4.79 Å². The Hall–Kier alpha value is -1.23. The van der Waals surface area contributed by atoms with Gasteiger partial charge in [0.2, 0.25) is 0 Å². The predicted molar refractivity (Wildman–Crippen MR) is 96.5 cm³/mol. The SMILES string of the molecule is CCN(Cc1ccc(Cl)s1)C(=O)NC1CCc2cc(Cl)ccc21. The van der Waals surface area contributed by atoms with Gasteiger partial charge in [0.15, 0.2) is 0 Å². The maximum Gasteiger partial charge on any atom is 0.318 e. The molecule has 1 atom stereocenters. The molecule has 122 valence electrons. The van der Waals surface area contributed by atoms with Crippen LogP contribution in [0.25, 0.3) is 0 Å². The van der Waals surface area contributed by atoms with Gasteiger partial charge in [-0.3, -0.25) is 0 Å². The van der Waals surface area contributed by atoms with Gasteiger partial charge in [-0.15, -0.1) is 11.3 Å². The number of urea groups is 1. The number of benzene rings is 1. The Morgan fingerprint density at radius 1 is 1.35 bits per heavy atom. The molecule has 2 aromatic rings. The molecule has 1 heterocycles. The molecule has 1 aromatic heterocycles. The Labute approximate surface area is 150 Å². The van der Waals surface area contributed by atoms with Crippen LogP contribution in [0.2, 0.25) is 9.36 Å². The summed E-state index contributed by atoms with van der Waals surface area (Å²) in [6.07, 6.45) is 1.87. The number of carbonyl (C=O) groups excluding carboxylic acids is 1. The average Bonchev–Trinajstić information content (AvgIpc) is 3.11. The normalized spacial score (nSPS) is 16.2. The van der Waals surface area contributed by atoms with E-state index in [0.29, 0.717) is 13.1 Å². The van der Waals surface area contributed by atoms with E-state index in [-0.39, 0.29) is 12.1 Å². The summed E-state index contributed by atoms with van der Waals surface area (Å²) in [5, 5.41) is 3.90. The number of rotatable bonds is 4. The number of hydrogen-bond donors (Lipinski definition) is 1.